The van der Waals surface area contributed by atoms with Gasteiger partial charge in [-0.15, -0.1) is 0 Å². The molecule has 0 fully saturated rings. The Balaban J connectivity index is 1.85. The summed E-state index contributed by atoms with van der Waals surface area (Å²) in [6.07, 6.45) is 1.67. The van der Waals surface area contributed by atoms with Gasteiger partial charge < -0.3 is 21.1 Å². The largest absolute Gasteiger partial charge is 0.395 e. The van der Waals surface area contributed by atoms with Crippen LogP contribution in [0.15, 0.2) is 54.7 Å². The molecule has 0 saturated heterocycles. The molecule has 0 aliphatic rings. The average molecular weight is 437 g/mol. The molecular weight excluding hydrogens is 408 g/mol. The average Bonchev–Trinajstić information content (AvgIpc) is 3.22. The first-order valence-corrected chi connectivity index (χ1v) is 10.3. The Bertz CT molecular complexity index is 1060. The van der Waals surface area contributed by atoms with E-state index in [2.05, 4.69) is 26.0 Å². The first kappa shape index (κ1) is 23.0. The first-order chi connectivity index (χ1) is 15.3. The van der Waals surface area contributed by atoms with Crippen LogP contribution in [0.3, 0.4) is 0 Å². The van der Waals surface area contributed by atoms with Crippen molar-refractivity contribution in [3.63, 3.8) is 0 Å². The number of carbonyl (C=O) groups excluding carboxylic acids is 2. The van der Waals surface area contributed by atoms with E-state index in [1.54, 1.807) is 16.9 Å². The molecule has 0 aliphatic heterocycles. The number of carbonyl (C=O) groups is 2. The lowest BCUT2D eigenvalue weighted by atomic mass is 10.1. The normalized spacial score (nSPS) is 11.1. The van der Waals surface area contributed by atoms with Crippen LogP contribution in [0, 0.1) is 0 Å². The summed E-state index contributed by atoms with van der Waals surface area (Å²) in [5, 5.41) is 21.4. The van der Waals surface area contributed by atoms with E-state index in [-0.39, 0.29) is 30.6 Å². The molecule has 0 saturated carbocycles. The predicted molar refractivity (Wildman–Crippen MR) is 121 cm³/mol. The molecule has 0 bridgehead atoms. The van der Waals surface area contributed by atoms with Crippen molar-refractivity contribution in [2.24, 2.45) is 0 Å². The number of amides is 3. The van der Waals surface area contributed by atoms with E-state index < -0.39 is 0 Å². The second kappa shape index (κ2) is 10.1. The third-order valence-electron chi connectivity index (χ3n) is 4.37. The number of aromatic nitrogens is 3. The number of pyridine rings is 1. The monoisotopic (exact) mass is 436 g/mol. The maximum absolute atomic E-state index is 12.7. The van der Waals surface area contributed by atoms with Crippen molar-refractivity contribution in [1.82, 2.24) is 30.7 Å². The lowest BCUT2D eigenvalue weighted by Crippen LogP contribution is -2.40. The number of aliphatic hydroxyl groups excluding tert-OH is 1. The lowest BCUT2D eigenvalue weighted by molar-refractivity contribution is 0.0914. The van der Waals surface area contributed by atoms with Crippen LogP contribution in [0.2, 0.25) is 0 Å². The van der Waals surface area contributed by atoms with Gasteiger partial charge in [-0.05, 0) is 50.6 Å². The number of rotatable bonds is 7. The SMILES string of the molecule is CC(C)(C)NC(=O)c1cc(-c2ccc(CNC(=O)NCCO)cn2)n(-c2ccccc2)n1. The van der Waals surface area contributed by atoms with Gasteiger partial charge in [-0.25, -0.2) is 9.48 Å². The number of hydrogen-bond acceptors (Lipinski definition) is 5. The van der Waals surface area contributed by atoms with E-state index in [1.165, 1.54) is 0 Å². The molecule has 0 aliphatic carbocycles. The van der Waals surface area contributed by atoms with Gasteiger partial charge in [0.05, 0.1) is 23.7 Å². The summed E-state index contributed by atoms with van der Waals surface area (Å²) in [7, 11) is 0. The maximum atomic E-state index is 12.7. The molecule has 4 N–H and O–H groups in total. The van der Waals surface area contributed by atoms with Crippen molar-refractivity contribution in [2.75, 3.05) is 13.2 Å². The summed E-state index contributed by atoms with van der Waals surface area (Å²) >= 11 is 0. The van der Waals surface area contributed by atoms with Crippen molar-refractivity contribution >= 4 is 11.9 Å². The predicted octanol–water partition coefficient (Wildman–Crippen LogP) is 2.25. The highest BCUT2D eigenvalue weighted by Crippen LogP contribution is 2.23. The molecule has 9 nitrogen and oxygen atoms in total. The molecule has 0 atom stereocenters. The number of nitrogens with zero attached hydrogens (tertiary/aromatic N) is 3. The van der Waals surface area contributed by atoms with Gasteiger partial charge in [0.25, 0.3) is 5.91 Å². The number of hydrogen-bond donors (Lipinski definition) is 4. The summed E-state index contributed by atoms with van der Waals surface area (Å²) in [5.74, 6) is -0.261. The van der Waals surface area contributed by atoms with Crippen LogP contribution in [-0.2, 0) is 6.54 Å². The lowest BCUT2D eigenvalue weighted by Gasteiger charge is -2.19. The molecule has 1 aromatic carbocycles. The smallest absolute Gasteiger partial charge is 0.315 e. The van der Waals surface area contributed by atoms with E-state index >= 15 is 0 Å². The summed E-state index contributed by atoms with van der Waals surface area (Å²) < 4.78 is 1.69. The molecule has 3 rings (SSSR count). The minimum Gasteiger partial charge on any atom is -0.395 e. The van der Waals surface area contributed by atoms with Crippen molar-refractivity contribution in [3.8, 4) is 17.1 Å². The molecule has 0 radical (unpaired) electrons. The summed E-state index contributed by atoms with van der Waals surface area (Å²) in [4.78, 5) is 28.8. The highest BCUT2D eigenvalue weighted by molar-refractivity contribution is 5.94. The van der Waals surface area contributed by atoms with E-state index in [9.17, 15) is 9.59 Å². The van der Waals surface area contributed by atoms with Gasteiger partial charge in [-0.2, -0.15) is 5.10 Å². The topological polar surface area (TPSA) is 121 Å². The zero-order valence-electron chi connectivity index (χ0n) is 18.4. The van der Waals surface area contributed by atoms with Crippen LogP contribution < -0.4 is 16.0 Å². The maximum Gasteiger partial charge on any atom is 0.315 e. The summed E-state index contributed by atoms with van der Waals surface area (Å²) in [5.41, 5.74) is 2.85. The number of nitrogens with one attached hydrogen (secondary N) is 3. The molecule has 0 spiro atoms. The Hall–Kier alpha value is -3.72. The second-order valence-electron chi connectivity index (χ2n) is 8.25. The van der Waals surface area contributed by atoms with Crippen LogP contribution in [0.4, 0.5) is 4.79 Å². The molecule has 9 heteroatoms. The number of aliphatic hydroxyl groups is 1. The Kier molecular flexibility index (Phi) is 7.21. The van der Waals surface area contributed by atoms with Gasteiger partial charge in [0.2, 0.25) is 0 Å². The van der Waals surface area contributed by atoms with Gasteiger partial charge in [-0.1, -0.05) is 24.3 Å². The highest BCUT2D eigenvalue weighted by Gasteiger charge is 2.21. The fourth-order valence-corrected chi connectivity index (χ4v) is 2.94. The van der Waals surface area contributed by atoms with Crippen molar-refractivity contribution in [1.29, 1.82) is 0 Å². The molecule has 2 aromatic heterocycles. The van der Waals surface area contributed by atoms with Crippen LogP contribution in [0.25, 0.3) is 17.1 Å². The van der Waals surface area contributed by atoms with Gasteiger partial charge in [0.1, 0.15) is 0 Å². The fraction of sp³-hybridized carbons (Fsp3) is 0.304. The van der Waals surface area contributed by atoms with E-state index in [4.69, 9.17) is 5.11 Å². The Morgan fingerprint density at radius 3 is 2.44 bits per heavy atom. The molecule has 0 unspecified atom stereocenters. The summed E-state index contributed by atoms with van der Waals surface area (Å²) in [6, 6.07) is 14.6. The van der Waals surface area contributed by atoms with E-state index in [1.807, 2.05) is 63.2 Å². The highest BCUT2D eigenvalue weighted by atomic mass is 16.3. The number of benzene rings is 1. The van der Waals surface area contributed by atoms with E-state index in [0.717, 1.165) is 11.3 Å². The number of urea groups is 1. The van der Waals surface area contributed by atoms with Crippen LogP contribution in [0.5, 0.6) is 0 Å². The van der Waals surface area contributed by atoms with Crippen LogP contribution in [0.1, 0.15) is 36.8 Å². The van der Waals surface area contributed by atoms with Crippen molar-refractivity contribution < 1.29 is 14.7 Å². The van der Waals surface area contributed by atoms with Crippen molar-refractivity contribution in [2.45, 2.75) is 32.9 Å². The van der Waals surface area contributed by atoms with Crippen LogP contribution >= 0.6 is 0 Å². The van der Waals surface area contributed by atoms with Crippen LogP contribution in [-0.4, -0.2) is 50.5 Å². The molecular formula is C23H28N6O3. The molecule has 32 heavy (non-hydrogen) atoms. The van der Waals surface area contributed by atoms with Gasteiger partial charge >= 0.3 is 6.03 Å². The Morgan fingerprint density at radius 1 is 1.06 bits per heavy atom. The minimum absolute atomic E-state index is 0.117. The second-order valence-corrected chi connectivity index (χ2v) is 8.25. The van der Waals surface area contributed by atoms with Gasteiger partial charge in [0.15, 0.2) is 5.69 Å². The Morgan fingerprint density at radius 2 is 1.81 bits per heavy atom. The molecule has 168 valence electrons. The zero-order valence-corrected chi connectivity index (χ0v) is 18.4. The molecule has 2 heterocycles. The third kappa shape index (κ3) is 6.14. The van der Waals surface area contributed by atoms with Gasteiger partial charge in [0, 0.05) is 24.8 Å². The number of para-hydroxylation sites is 1. The summed E-state index contributed by atoms with van der Waals surface area (Å²) in [6.45, 7) is 6.11. The van der Waals surface area contributed by atoms with Crippen molar-refractivity contribution in [3.05, 3.63) is 66.0 Å². The van der Waals surface area contributed by atoms with E-state index in [0.29, 0.717) is 23.6 Å². The minimum atomic E-state index is -0.385. The van der Waals surface area contributed by atoms with Gasteiger partial charge in [-0.3, -0.25) is 9.78 Å². The standard InChI is InChI=1S/C23H28N6O3/c1-23(2,3)27-21(31)19-13-20(29(28-19)17-7-5-4-6-8-17)18-10-9-16(14-25-18)15-26-22(32)24-11-12-30/h4-10,13-14,30H,11-12,15H2,1-3H3,(H,27,31)(H2,24,26,32). The molecule has 3 aromatic rings. The molecule has 3 amide bonds. The fourth-order valence-electron chi connectivity index (χ4n) is 2.94. The quantitative estimate of drug-likeness (QED) is 0.453. The zero-order chi connectivity index (χ0) is 23.1. The first-order valence-electron chi connectivity index (χ1n) is 10.3. The third-order valence-corrected chi connectivity index (χ3v) is 4.37. The Labute approximate surface area is 186 Å².